The van der Waals surface area contributed by atoms with E-state index in [0.717, 1.165) is 6.54 Å². The van der Waals surface area contributed by atoms with E-state index in [1.54, 1.807) is 18.7 Å². The maximum atomic E-state index is 3.67. The lowest BCUT2D eigenvalue weighted by atomic mass is 10.0. The molecule has 0 bridgehead atoms. The predicted molar refractivity (Wildman–Crippen MR) is 61.8 cm³/mol. The summed E-state index contributed by atoms with van der Waals surface area (Å²) in [6, 6.07) is 8.53. The quantitative estimate of drug-likeness (QED) is 0.687. The summed E-state index contributed by atoms with van der Waals surface area (Å²) in [6.45, 7) is 1.14. The Hall–Kier alpha value is -1.77. The van der Waals surface area contributed by atoms with E-state index >= 15 is 0 Å². The normalized spacial score (nSPS) is 13.1. The molecule has 0 spiro atoms. The molecule has 0 unspecified atom stereocenters. The summed E-state index contributed by atoms with van der Waals surface area (Å²) in [5.41, 5.74) is 2.79. The standard InChI is InChI=1S/C9H11N.C3H4N2/c1-2-6-9-8(4-1)5-3-7-10-9;1-2-5-3-4-1/h1-2,4,6,10H,3,5,7H2;1-3H,(H,4,5). The average molecular weight is 201 g/mol. The number of nitrogens with zero attached hydrogens (tertiary/aromatic N) is 1. The summed E-state index contributed by atoms with van der Waals surface area (Å²) in [7, 11) is 0. The molecule has 0 amide bonds. The molecule has 1 aliphatic heterocycles. The van der Waals surface area contributed by atoms with Gasteiger partial charge in [-0.25, -0.2) is 4.98 Å². The van der Waals surface area contributed by atoms with E-state index in [-0.39, 0.29) is 0 Å². The largest absolute Gasteiger partial charge is 0.385 e. The fourth-order valence-electron chi connectivity index (χ4n) is 1.63. The highest BCUT2D eigenvalue weighted by Crippen LogP contribution is 2.19. The maximum absolute atomic E-state index is 3.67. The van der Waals surface area contributed by atoms with E-state index in [2.05, 4.69) is 39.6 Å². The van der Waals surface area contributed by atoms with Crippen LogP contribution in [0, 0.1) is 0 Å². The summed E-state index contributed by atoms with van der Waals surface area (Å²) >= 11 is 0. The molecule has 0 saturated heterocycles. The van der Waals surface area contributed by atoms with Gasteiger partial charge in [0, 0.05) is 24.6 Å². The molecule has 1 aromatic carbocycles. The highest BCUT2D eigenvalue weighted by molar-refractivity contribution is 5.52. The van der Waals surface area contributed by atoms with Gasteiger partial charge in [-0.2, -0.15) is 0 Å². The fourth-order valence-corrected chi connectivity index (χ4v) is 1.63. The van der Waals surface area contributed by atoms with Crippen molar-refractivity contribution in [1.82, 2.24) is 9.97 Å². The van der Waals surface area contributed by atoms with Gasteiger partial charge in [0.2, 0.25) is 0 Å². The summed E-state index contributed by atoms with van der Waals surface area (Å²) in [4.78, 5) is 6.42. The van der Waals surface area contributed by atoms with E-state index in [1.807, 2.05) is 0 Å². The average Bonchev–Trinajstić information content (AvgIpc) is 2.88. The number of hydrogen-bond acceptors (Lipinski definition) is 2. The first-order valence-corrected chi connectivity index (χ1v) is 5.21. The zero-order valence-electron chi connectivity index (χ0n) is 8.61. The zero-order valence-corrected chi connectivity index (χ0v) is 8.61. The molecule has 1 aromatic heterocycles. The maximum Gasteiger partial charge on any atom is 0.0919 e. The number of fused-ring (bicyclic) bond motifs is 1. The Bertz CT molecular complexity index is 339. The van der Waals surface area contributed by atoms with E-state index in [1.165, 1.54) is 24.1 Å². The third-order valence-electron chi connectivity index (χ3n) is 2.36. The first-order chi connectivity index (χ1) is 7.47. The van der Waals surface area contributed by atoms with Crippen LogP contribution in [0.3, 0.4) is 0 Å². The number of rotatable bonds is 0. The molecular formula is C12H15N3. The second kappa shape index (κ2) is 5.20. The minimum Gasteiger partial charge on any atom is -0.385 e. The molecule has 3 rings (SSSR count). The smallest absolute Gasteiger partial charge is 0.0919 e. The molecule has 2 N–H and O–H groups in total. The number of imidazole rings is 1. The Morgan fingerprint density at radius 1 is 1.20 bits per heavy atom. The molecule has 3 nitrogen and oxygen atoms in total. The van der Waals surface area contributed by atoms with Crippen LogP contribution in [0.2, 0.25) is 0 Å². The molecule has 78 valence electrons. The van der Waals surface area contributed by atoms with E-state index < -0.39 is 0 Å². The fraction of sp³-hybridized carbons (Fsp3) is 0.250. The Balaban J connectivity index is 0.000000144. The van der Waals surface area contributed by atoms with Crippen molar-refractivity contribution >= 4 is 5.69 Å². The van der Waals surface area contributed by atoms with Crippen LogP contribution in [-0.2, 0) is 6.42 Å². The lowest BCUT2D eigenvalue weighted by Crippen LogP contribution is -2.10. The van der Waals surface area contributed by atoms with Gasteiger partial charge < -0.3 is 10.3 Å². The second-order valence-corrected chi connectivity index (χ2v) is 3.45. The summed E-state index contributed by atoms with van der Waals surface area (Å²) in [5.74, 6) is 0. The van der Waals surface area contributed by atoms with Crippen molar-refractivity contribution in [3.05, 3.63) is 48.5 Å². The van der Waals surface area contributed by atoms with Gasteiger partial charge in [0.05, 0.1) is 6.33 Å². The minimum atomic E-state index is 1.14. The van der Waals surface area contributed by atoms with Crippen LogP contribution in [0.15, 0.2) is 43.0 Å². The predicted octanol–water partition coefficient (Wildman–Crippen LogP) is 2.45. The Morgan fingerprint density at radius 2 is 2.13 bits per heavy atom. The Morgan fingerprint density at radius 3 is 2.80 bits per heavy atom. The molecule has 0 saturated carbocycles. The van der Waals surface area contributed by atoms with Gasteiger partial charge in [0.15, 0.2) is 0 Å². The SMILES string of the molecule is c1c[nH]cn1.c1ccc2c(c1)CCCN2. The Labute approximate surface area is 89.6 Å². The number of H-pyrrole nitrogens is 1. The number of hydrogen-bond donors (Lipinski definition) is 2. The van der Waals surface area contributed by atoms with Crippen molar-refractivity contribution in [2.75, 3.05) is 11.9 Å². The number of para-hydroxylation sites is 1. The first kappa shape index (κ1) is 9.77. The van der Waals surface area contributed by atoms with Crippen LogP contribution >= 0.6 is 0 Å². The molecule has 0 aliphatic carbocycles. The highest BCUT2D eigenvalue weighted by atomic mass is 14.9. The van der Waals surface area contributed by atoms with Crippen LogP contribution in [0.5, 0.6) is 0 Å². The monoisotopic (exact) mass is 201 g/mol. The number of aromatic amines is 1. The summed E-state index contributed by atoms with van der Waals surface area (Å²) in [6.07, 6.45) is 7.60. The number of anilines is 1. The van der Waals surface area contributed by atoms with Gasteiger partial charge in [-0.3, -0.25) is 0 Å². The highest BCUT2D eigenvalue weighted by Gasteiger charge is 2.04. The van der Waals surface area contributed by atoms with Gasteiger partial charge in [0.25, 0.3) is 0 Å². The lowest BCUT2D eigenvalue weighted by molar-refractivity contribution is 0.830. The molecule has 0 atom stereocenters. The van der Waals surface area contributed by atoms with Crippen LogP contribution in [-0.4, -0.2) is 16.5 Å². The molecular weight excluding hydrogens is 186 g/mol. The summed E-state index contributed by atoms with van der Waals surface area (Å²) < 4.78 is 0. The van der Waals surface area contributed by atoms with Gasteiger partial charge in [-0.1, -0.05) is 18.2 Å². The molecule has 0 radical (unpaired) electrons. The third kappa shape index (κ3) is 2.84. The number of benzene rings is 1. The number of nitrogens with one attached hydrogen (secondary N) is 2. The lowest BCUT2D eigenvalue weighted by Gasteiger charge is -2.16. The van der Waals surface area contributed by atoms with Crippen LogP contribution in [0.25, 0.3) is 0 Å². The minimum absolute atomic E-state index is 1.14. The van der Waals surface area contributed by atoms with E-state index in [9.17, 15) is 0 Å². The van der Waals surface area contributed by atoms with Gasteiger partial charge in [-0.05, 0) is 24.5 Å². The van der Waals surface area contributed by atoms with Gasteiger partial charge in [-0.15, -0.1) is 0 Å². The molecule has 0 fully saturated rings. The third-order valence-corrected chi connectivity index (χ3v) is 2.36. The van der Waals surface area contributed by atoms with Crippen molar-refractivity contribution in [3.63, 3.8) is 0 Å². The Kier molecular flexibility index (Phi) is 3.38. The van der Waals surface area contributed by atoms with Crippen LogP contribution in [0.4, 0.5) is 5.69 Å². The van der Waals surface area contributed by atoms with Crippen molar-refractivity contribution in [1.29, 1.82) is 0 Å². The molecule has 2 heterocycles. The number of aryl methyl sites for hydroxylation is 1. The van der Waals surface area contributed by atoms with E-state index in [4.69, 9.17) is 0 Å². The molecule has 2 aromatic rings. The number of aromatic nitrogens is 2. The van der Waals surface area contributed by atoms with Crippen LogP contribution < -0.4 is 5.32 Å². The molecule has 3 heteroatoms. The van der Waals surface area contributed by atoms with Crippen molar-refractivity contribution < 1.29 is 0 Å². The summed E-state index contributed by atoms with van der Waals surface area (Å²) in [5, 5.41) is 3.36. The zero-order chi connectivity index (χ0) is 10.3. The van der Waals surface area contributed by atoms with Gasteiger partial charge in [0.1, 0.15) is 0 Å². The van der Waals surface area contributed by atoms with Crippen molar-refractivity contribution in [2.45, 2.75) is 12.8 Å². The van der Waals surface area contributed by atoms with Gasteiger partial charge >= 0.3 is 0 Å². The van der Waals surface area contributed by atoms with Crippen LogP contribution in [0.1, 0.15) is 12.0 Å². The van der Waals surface area contributed by atoms with Crippen molar-refractivity contribution in [2.24, 2.45) is 0 Å². The van der Waals surface area contributed by atoms with E-state index in [0.29, 0.717) is 0 Å². The first-order valence-electron chi connectivity index (χ1n) is 5.21. The second-order valence-electron chi connectivity index (χ2n) is 3.45. The topological polar surface area (TPSA) is 40.7 Å². The van der Waals surface area contributed by atoms with Crippen molar-refractivity contribution in [3.8, 4) is 0 Å². The molecule has 15 heavy (non-hydrogen) atoms. The molecule has 1 aliphatic rings.